The number of nitrogens with zero attached hydrogens (tertiary/aromatic N) is 6. The zero-order chi connectivity index (χ0) is 17.6. The van der Waals surface area contributed by atoms with Gasteiger partial charge in [0.25, 0.3) is 5.69 Å². The largest absolute Gasteiger partial charge is 0.279 e. The summed E-state index contributed by atoms with van der Waals surface area (Å²) in [5.74, 6) is 0.608. The van der Waals surface area contributed by atoms with Gasteiger partial charge >= 0.3 is 0 Å². The molecule has 0 aliphatic rings. The van der Waals surface area contributed by atoms with Gasteiger partial charge in [-0.2, -0.15) is 9.78 Å². The van der Waals surface area contributed by atoms with Crippen LogP contribution < -0.4 is 5.43 Å². The van der Waals surface area contributed by atoms with Crippen LogP contribution in [0.1, 0.15) is 5.82 Å². The molecule has 0 fully saturated rings. The summed E-state index contributed by atoms with van der Waals surface area (Å²) < 4.78 is 1.59. The highest BCUT2D eigenvalue weighted by Gasteiger charge is 2.07. The molecule has 0 radical (unpaired) electrons. The number of hydrogen-bond acceptors (Lipinski definition) is 7. The van der Waals surface area contributed by atoms with Crippen molar-refractivity contribution in [3.8, 4) is 5.69 Å². The summed E-state index contributed by atoms with van der Waals surface area (Å²) in [5.41, 5.74) is 4.25. The lowest BCUT2D eigenvalue weighted by atomic mass is 10.3. The fraction of sp³-hybridized carbons (Fsp3) is 0.0667. The van der Waals surface area contributed by atoms with Crippen molar-refractivity contribution in [2.45, 2.75) is 6.42 Å². The molecule has 3 aromatic rings. The monoisotopic (exact) mass is 357 g/mol. The molecule has 0 aliphatic carbocycles. The van der Waals surface area contributed by atoms with E-state index in [2.05, 4.69) is 26.1 Å². The standard InChI is InChI=1S/C15H12ClN7O2/c16-11-1-5-13(6-2-11)22-15(19-20-21-22)9-10-17-18-12-3-7-14(8-4-12)23(24)25/h1-8,10,18H,9H2/b17-10-. The van der Waals surface area contributed by atoms with Gasteiger partial charge in [0.2, 0.25) is 0 Å². The lowest BCUT2D eigenvalue weighted by Gasteiger charge is -2.03. The second-order valence-corrected chi connectivity index (χ2v) is 5.35. The lowest BCUT2D eigenvalue weighted by Crippen LogP contribution is -2.04. The number of hydrazone groups is 1. The number of nitro groups is 1. The maximum Gasteiger partial charge on any atom is 0.269 e. The minimum absolute atomic E-state index is 0.0247. The quantitative estimate of drug-likeness (QED) is 0.412. The van der Waals surface area contributed by atoms with Crippen LogP contribution in [0.5, 0.6) is 0 Å². The first-order valence-electron chi connectivity index (χ1n) is 7.18. The molecule has 1 heterocycles. The van der Waals surface area contributed by atoms with Crippen molar-refractivity contribution in [3.05, 3.63) is 69.5 Å². The molecule has 1 aromatic heterocycles. The van der Waals surface area contributed by atoms with E-state index >= 15 is 0 Å². The maximum atomic E-state index is 10.6. The summed E-state index contributed by atoms with van der Waals surface area (Å²) in [7, 11) is 0. The molecule has 25 heavy (non-hydrogen) atoms. The normalized spacial score (nSPS) is 10.9. The number of tetrazole rings is 1. The Labute approximate surface area is 147 Å². The molecule has 0 atom stereocenters. The highest BCUT2D eigenvalue weighted by molar-refractivity contribution is 6.30. The van der Waals surface area contributed by atoms with Crippen LogP contribution in [0.25, 0.3) is 5.69 Å². The molecule has 9 nitrogen and oxygen atoms in total. The molecule has 3 rings (SSSR count). The Morgan fingerprint density at radius 3 is 2.60 bits per heavy atom. The SMILES string of the molecule is O=[N+]([O-])c1ccc(N/N=C\Cc2nnnn2-c2ccc(Cl)cc2)cc1. The number of halogens is 1. The number of benzene rings is 2. The van der Waals surface area contributed by atoms with Crippen molar-refractivity contribution < 1.29 is 4.92 Å². The van der Waals surface area contributed by atoms with E-state index in [-0.39, 0.29) is 5.69 Å². The minimum atomic E-state index is -0.455. The Hall–Kier alpha value is -3.33. The molecule has 0 spiro atoms. The van der Waals surface area contributed by atoms with Gasteiger partial charge in [0.15, 0.2) is 5.82 Å². The first-order valence-corrected chi connectivity index (χ1v) is 7.56. The van der Waals surface area contributed by atoms with E-state index in [1.54, 1.807) is 35.2 Å². The maximum absolute atomic E-state index is 10.6. The van der Waals surface area contributed by atoms with Gasteiger partial charge < -0.3 is 0 Å². The molecule has 0 aliphatic heterocycles. The summed E-state index contributed by atoms with van der Waals surface area (Å²) >= 11 is 5.87. The van der Waals surface area contributed by atoms with Crippen molar-refractivity contribution in [1.82, 2.24) is 20.2 Å². The van der Waals surface area contributed by atoms with Crippen molar-refractivity contribution >= 4 is 29.2 Å². The first-order chi connectivity index (χ1) is 12.1. The average molecular weight is 358 g/mol. The van der Waals surface area contributed by atoms with Crippen LogP contribution in [-0.4, -0.2) is 31.3 Å². The molecular weight excluding hydrogens is 346 g/mol. The third-order valence-corrected chi connectivity index (χ3v) is 3.49. The molecule has 2 aromatic carbocycles. The number of anilines is 1. The third kappa shape index (κ3) is 4.15. The summed E-state index contributed by atoms with van der Waals surface area (Å²) in [5, 5.41) is 26.9. The Balaban J connectivity index is 1.62. The molecule has 126 valence electrons. The second kappa shape index (κ2) is 7.49. The predicted octanol–water partition coefficient (Wildman–Crippen LogP) is 2.86. The van der Waals surface area contributed by atoms with Gasteiger partial charge in [0.05, 0.1) is 16.3 Å². The van der Waals surface area contributed by atoms with Crippen LogP contribution in [0.15, 0.2) is 53.6 Å². The van der Waals surface area contributed by atoms with E-state index in [0.29, 0.717) is 23.0 Å². The van der Waals surface area contributed by atoms with Gasteiger partial charge in [-0.15, -0.1) is 5.10 Å². The number of aromatic nitrogens is 4. The lowest BCUT2D eigenvalue weighted by molar-refractivity contribution is -0.384. The minimum Gasteiger partial charge on any atom is -0.279 e. The van der Waals surface area contributed by atoms with E-state index in [4.69, 9.17) is 11.6 Å². The Kier molecular flexibility index (Phi) is 4.95. The number of hydrogen-bond donors (Lipinski definition) is 1. The summed E-state index contributed by atoms with van der Waals surface area (Å²) in [4.78, 5) is 10.1. The topological polar surface area (TPSA) is 111 Å². The number of rotatable bonds is 6. The molecule has 0 unspecified atom stereocenters. The van der Waals surface area contributed by atoms with Gasteiger partial charge in [0, 0.05) is 29.8 Å². The second-order valence-electron chi connectivity index (χ2n) is 4.91. The van der Waals surface area contributed by atoms with Crippen molar-refractivity contribution in [2.75, 3.05) is 5.43 Å². The summed E-state index contributed by atoms with van der Waals surface area (Å²) in [6.45, 7) is 0. The Morgan fingerprint density at radius 1 is 1.20 bits per heavy atom. The third-order valence-electron chi connectivity index (χ3n) is 3.24. The molecule has 0 saturated carbocycles. The number of non-ortho nitro benzene ring substituents is 1. The molecule has 0 amide bonds. The van der Waals surface area contributed by atoms with E-state index in [1.165, 1.54) is 12.1 Å². The van der Waals surface area contributed by atoms with E-state index in [0.717, 1.165) is 5.69 Å². The van der Waals surface area contributed by atoms with Crippen LogP contribution in [-0.2, 0) is 6.42 Å². The van der Waals surface area contributed by atoms with Crippen LogP contribution in [0.2, 0.25) is 5.02 Å². The fourth-order valence-corrected chi connectivity index (χ4v) is 2.15. The number of nitro benzene ring substituents is 1. The van der Waals surface area contributed by atoms with Gasteiger partial charge in [0.1, 0.15) is 0 Å². The van der Waals surface area contributed by atoms with Crippen LogP contribution >= 0.6 is 11.6 Å². The highest BCUT2D eigenvalue weighted by Crippen LogP contribution is 2.15. The van der Waals surface area contributed by atoms with Gasteiger partial charge in [-0.05, 0) is 46.8 Å². The van der Waals surface area contributed by atoms with Crippen molar-refractivity contribution in [2.24, 2.45) is 5.10 Å². The molecule has 1 N–H and O–H groups in total. The zero-order valence-electron chi connectivity index (χ0n) is 12.8. The smallest absolute Gasteiger partial charge is 0.269 e. The van der Waals surface area contributed by atoms with Crippen molar-refractivity contribution in [3.63, 3.8) is 0 Å². The molecular formula is C15H12ClN7O2. The molecule has 0 bridgehead atoms. The number of nitrogens with one attached hydrogen (secondary N) is 1. The van der Waals surface area contributed by atoms with Crippen LogP contribution in [0.4, 0.5) is 11.4 Å². The Morgan fingerprint density at radius 2 is 1.92 bits per heavy atom. The molecule has 0 saturated heterocycles. The van der Waals surface area contributed by atoms with Gasteiger partial charge in [-0.1, -0.05) is 11.6 Å². The molecule has 10 heteroatoms. The van der Waals surface area contributed by atoms with Crippen LogP contribution in [0.3, 0.4) is 0 Å². The van der Waals surface area contributed by atoms with E-state index in [1.807, 2.05) is 12.1 Å². The predicted molar refractivity (Wildman–Crippen MR) is 93.1 cm³/mol. The van der Waals surface area contributed by atoms with Crippen LogP contribution in [0, 0.1) is 10.1 Å². The van der Waals surface area contributed by atoms with E-state index < -0.39 is 4.92 Å². The summed E-state index contributed by atoms with van der Waals surface area (Å²) in [6.07, 6.45) is 2.01. The first kappa shape index (κ1) is 16.5. The van der Waals surface area contributed by atoms with Gasteiger partial charge in [-0.3, -0.25) is 15.5 Å². The highest BCUT2D eigenvalue weighted by atomic mass is 35.5. The Bertz CT molecular complexity index is 891. The fourth-order valence-electron chi connectivity index (χ4n) is 2.02. The zero-order valence-corrected chi connectivity index (χ0v) is 13.5. The average Bonchev–Trinajstić information content (AvgIpc) is 3.08. The van der Waals surface area contributed by atoms with Gasteiger partial charge in [-0.25, -0.2) is 0 Å². The summed E-state index contributed by atoms with van der Waals surface area (Å²) in [6, 6.07) is 13.1. The van der Waals surface area contributed by atoms with E-state index in [9.17, 15) is 10.1 Å². The van der Waals surface area contributed by atoms with Crippen molar-refractivity contribution in [1.29, 1.82) is 0 Å².